The molecule has 2 rings (SSSR count). The second-order valence-corrected chi connectivity index (χ2v) is 5.51. The molecule has 0 aliphatic heterocycles. The van der Waals surface area contributed by atoms with Gasteiger partial charge in [-0.15, -0.1) is 0 Å². The van der Waals surface area contributed by atoms with Crippen LogP contribution >= 0.6 is 11.6 Å². The first-order valence-electron chi connectivity index (χ1n) is 7.08. The molecule has 106 valence electrons. The Morgan fingerprint density at radius 1 is 1.40 bits per heavy atom. The predicted molar refractivity (Wildman–Crippen MR) is 88.2 cm³/mol. The molecule has 0 aliphatic rings. The van der Waals surface area contributed by atoms with Gasteiger partial charge in [0.05, 0.1) is 10.5 Å². The Morgan fingerprint density at radius 3 is 2.95 bits per heavy atom. The molecule has 0 saturated carbocycles. The molecule has 0 amide bonds. The summed E-state index contributed by atoms with van der Waals surface area (Å²) in [6.07, 6.45) is 5.14. The van der Waals surface area contributed by atoms with E-state index in [9.17, 15) is 0 Å². The zero-order valence-electron chi connectivity index (χ0n) is 12.3. The van der Waals surface area contributed by atoms with Crippen LogP contribution in [0, 0.1) is 0 Å². The number of nitrogens with one attached hydrogen (secondary N) is 1. The van der Waals surface area contributed by atoms with Gasteiger partial charge in [-0.25, -0.2) is 0 Å². The number of halogens is 1. The molecular formula is C17H21ClN2. The van der Waals surface area contributed by atoms with Crippen LogP contribution in [0.2, 0.25) is 5.02 Å². The number of aromatic nitrogens is 1. The van der Waals surface area contributed by atoms with Crippen molar-refractivity contribution < 1.29 is 0 Å². The highest BCUT2D eigenvalue weighted by Crippen LogP contribution is 2.26. The molecule has 1 aromatic carbocycles. The average molecular weight is 289 g/mol. The maximum absolute atomic E-state index is 6.22. The second kappa shape index (κ2) is 6.87. The minimum absolute atomic E-state index is 0.365. The van der Waals surface area contributed by atoms with Gasteiger partial charge in [0.25, 0.3) is 0 Å². The van der Waals surface area contributed by atoms with Crippen molar-refractivity contribution in [3.05, 3.63) is 46.6 Å². The van der Waals surface area contributed by atoms with Gasteiger partial charge in [0, 0.05) is 23.2 Å². The molecule has 0 spiro atoms. The van der Waals surface area contributed by atoms with Crippen LogP contribution in [-0.2, 0) is 0 Å². The third-order valence-corrected chi connectivity index (χ3v) is 3.84. The van der Waals surface area contributed by atoms with Crippen LogP contribution in [0.25, 0.3) is 17.0 Å². The van der Waals surface area contributed by atoms with Crippen molar-refractivity contribution in [3.63, 3.8) is 0 Å². The summed E-state index contributed by atoms with van der Waals surface area (Å²) in [6, 6.07) is 8.27. The first-order valence-corrected chi connectivity index (χ1v) is 7.46. The predicted octanol–water partition coefficient (Wildman–Crippen LogP) is 4.68. The van der Waals surface area contributed by atoms with E-state index in [1.54, 1.807) is 0 Å². The Balaban J connectivity index is 2.36. The molecule has 0 fully saturated rings. The van der Waals surface area contributed by atoms with Crippen LogP contribution in [0.3, 0.4) is 0 Å². The summed E-state index contributed by atoms with van der Waals surface area (Å²) >= 11 is 6.22. The van der Waals surface area contributed by atoms with Crippen LogP contribution < -0.4 is 5.32 Å². The van der Waals surface area contributed by atoms with E-state index in [-0.39, 0.29) is 0 Å². The lowest BCUT2D eigenvalue weighted by molar-refractivity contribution is 0.604. The Bertz CT molecular complexity index is 619. The number of benzene rings is 1. The lowest BCUT2D eigenvalue weighted by Gasteiger charge is -2.14. The third-order valence-electron chi connectivity index (χ3n) is 3.51. The minimum Gasteiger partial charge on any atom is -0.311 e. The molecule has 0 radical (unpaired) electrons. The normalized spacial score (nSPS) is 13.7. The van der Waals surface area contributed by atoms with E-state index in [1.165, 1.54) is 5.57 Å². The largest absolute Gasteiger partial charge is 0.311 e. The highest BCUT2D eigenvalue weighted by atomic mass is 35.5. The summed E-state index contributed by atoms with van der Waals surface area (Å²) in [6.45, 7) is 7.55. The lowest BCUT2D eigenvalue weighted by Crippen LogP contribution is -2.27. The van der Waals surface area contributed by atoms with Crippen LogP contribution in [-0.4, -0.2) is 17.6 Å². The van der Waals surface area contributed by atoms with Crippen molar-refractivity contribution >= 4 is 28.6 Å². The monoisotopic (exact) mass is 288 g/mol. The molecule has 2 aromatic rings. The third kappa shape index (κ3) is 3.38. The fraction of sp³-hybridized carbons (Fsp3) is 0.353. The van der Waals surface area contributed by atoms with Crippen LogP contribution in [0.4, 0.5) is 0 Å². The fourth-order valence-electron chi connectivity index (χ4n) is 2.17. The molecular weight excluding hydrogens is 268 g/mol. The summed E-state index contributed by atoms with van der Waals surface area (Å²) in [5.41, 5.74) is 3.38. The zero-order chi connectivity index (χ0) is 14.5. The van der Waals surface area contributed by atoms with Crippen LogP contribution in [0.5, 0.6) is 0 Å². The minimum atomic E-state index is 0.365. The number of fused-ring (bicyclic) bond motifs is 1. The van der Waals surface area contributed by atoms with E-state index in [2.05, 4.69) is 37.1 Å². The van der Waals surface area contributed by atoms with Crippen molar-refractivity contribution in [2.24, 2.45) is 0 Å². The van der Waals surface area contributed by atoms with Gasteiger partial charge in [-0.05, 0) is 45.0 Å². The summed E-state index contributed by atoms with van der Waals surface area (Å²) < 4.78 is 0. The number of hydrogen-bond acceptors (Lipinski definition) is 2. The van der Waals surface area contributed by atoms with Crippen molar-refractivity contribution in [1.82, 2.24) is 10.3 Å². The van der Waals surface area contributed by atoms with Crippen LogP contribution in [0.1, 0.15) is 32.8 Å². The number of hydrogen-bond donors (Lipinski definition) is 1. The molecule has 0 aliphatic carbocycles. The number of rotatable bonds is 5. The molecule has 3 heteroatoms. The standard InChI is InChI=1S/C17H21ClN2/c1-4-9-19-13(3)12(2)11-14-7-8-16(18)15-6-5-10-20-17(14)15/h5-8,10-11,13,19H,4,9H2,1-3H3/b12-11+. The Hall–Kier alpha value is -1.38. The van der Waals surface area contributed by atoms with Gasteiger partial charge in [0.15, 0.2) is 0 Å². The molecule has 1 atom stereocenters. The molecule has 0 bridgehead atoms. The lowest BCUT2D eigenvalue weighted by atomic mass is 10.0. The molecule has 2 nitrogen and oxygen atoms in total. The van der Waals surface area contributed by atoms with Crippen molar-refractivity contribution in [1.29, 1.82) is 0 Å². The first-order chi connectivity index (χ1) is 9.63. The van der Waals surface area contributed by atoms with E-state index in [1.807, 2.05) is 30.5 Å². The van der Waals surface area contributed by atoms with E-state index in [0.717, 1.165) is 34.5 Å². The van der Waals surface area contributed by atoms with Gasteiger partial charge in [-0.3, -0.25) is 4.98 Å². The molecule has 1 N–H and O–H groups in total. The molecule has 20 heavy (non-hydrogen) atoms. The van der Waals surface area contributed by atoms with Gasteiger partial charge in [-0.2, -0.15) is 0 Å². The highest BCUT2D eigenvalue weighted by molar-refractivity contribution is 6.35. The zero-order valence-corrected chi connectivity index (χ0v) is 13.0. The van der Waals surface area contributed by atoms with Gasteiger partial charge in [-0.1, -0.05) is 36.2 Å². The van der Waals surface area contributed by atoms with E-state index < -0.39 is 0 Å². The first kappa shape index (κ1) is 15.0. The number of pyridine rings is 1. The van der Waals surface area contributed by atoms with E-state index in [4.69, 9.17) is 11.6 Å². The maximum atomic E-state index is 6.22. The van der Waals surface area contributed by atoms with Gasteiger partial charge in [0.1, 0.15) is 0 Å². The van der Waals surface area contributed by atoms with Gasteiger partial charge in [0.2, 0.25) is 0 Å². The van der Waals surface area contributed by atoms with Crippen LogP contribution in [0.15, 0.2) is 36.0 Å². The quantitative estimate of drug-likeness (QED) is 0.864. The fourth-order valence-corrected chi connectivity index (χ4v) is 2.38. The Kier molecular flexibility index (Phi) is 5.16. The van der Waals surface area contributed by atoms with Gasteiger partial charge < -0.3 is 5.32 Å². The number of nitrogens with zero attached hydrogens (tertiary/aromatic N) is 1. The Morgan fingerprint density at radius 2 is 2.20 bits per heavy atom. The smallest absolute Gasteiger partial charge is 0.0789 e. The Labute approximate surface area is 125 Å². The van der Waals surface area contributed by atoms with Crippen molar-refractivity contribution in [2.45, 2.75) is 33.2 Å². The SMILES string of the molecule is CCCNC(C)/C(C)=C/c1ccc(Cl)c2cccnc12. The molecule has 1 heterocycles. The van der Waals surface area contributed by atoms with Crippen molar-refractivity contribution in [2.75, 3.05) is 6.54 Å². The van der Waals surface area contributed by atoms with Gasteiger partial charge >= 0.3 is 0 Å². The summed E-state index contributed by atoms with van der Waals surface area (Å²) in [5, 5.41) is 5.25. The average Bonchev–Trinajstić information content (AvgIpc) is 2.47. The van der Waals surface area contributed by atoms with E-state index >= 15 is 0 Å². The molecule has 1 unspecified atom stereocenters. The second-order valence-electron chi connectivity index (χ2n) is 5.10. The topological polar surface area (TPSA) is 24.9 Å². The summed E-state index contributed by atoms with van der Waals surface area (Å²) in [5.74, 6) is 0. The maximum Gasteiger partial charge on any atom is 0.0789 e. The molecule has 0 saturated heterocycles. The molecule has 1 aromatic heterocycles. The summed E-state index contributed by atoms with van der Waals surface area (Å²) in [4.78, 5) is 4.47. The van der Waals surface area contributed by atoms with Crippen molar-refractivity contribution in [3.8, 4) is 0 Å². The highest BCUT2D eigenvalue weighted by Gasteiger charge is 2.07. The summed E-state index contributed by atoms with van der Waals surface area (Å²) in [7, 11) is 0. The van der Waals surface area contributed by atoms with E-state index in [0.29, 0.717) is 6.04 Å².